The summed E-state index contributed by atoms with van der Waals surface area (Å²) in [6, 6.07) is 6.80. The van der Waals surface area contributed by atoms with E-state index in [9.17, 15) is 0 Å². The molecule has 0 amide bonds. The monoisotopic (exact) mass is 321 g/mol. The number of hydrogen-bond acceptors (Lipinski definition) is 2. The quantitative estimate of drug-likeness (QED) is 0.932. The first-order valence-corrected chi connectivity index (χ1v) is 7.32. The Hall–Kier alpha value is -1.13. The maximum Gasteiger partial charge on any atom is 0.0757 e. The highest BCUT2D eigenvalue weighted by Crippen LogP contribution is 2.29. The fraction of sp³-hybridized carbons (Fsp3) is 0.400. The van der Waals surface area contributed by atoms with Crippen LogP contribution >= 0.6 is 15.9 Å². The molecule has 2 aromatic rings. The van der Waals surface area contributed by atoms with Crippen LogP contribution in [0.2, 0.25) is 0 Å². The van der Waals surface area contributed by atoms with Crippen LogP contribution in [0, 0.1) is 13.8 Å². The number of rotatable bonds is 4. The van der Waals surface area contributed by atoms with Gasteiger partial charge < -0.3 is 5.32 Å². The molecule has 0 saturated heterocycles. The van der Waals surface area contributed by atoms with Gasteiger partial charge in [-0.1, -0.05) is 29.3 Å². The fourth-order valence-electron chi connectivity index (χ4n) is 2.55. The largest absolute Gasteiger partial charge is 0.308 e. The second kappa shape index (κ2) is 5.88. The van der Waals surface area contributed by atoms with Crippen LogP contribution in [0.1, 0.15) is 35.3 Å². The molecule has 4 heteroatoms. The van der Waals surface area contributed by atoms with Gasteiger partial charge in [0.2, 0.25) is 0 Å². The Morgan fingerprint density at radius 3 is 2.42 bits per heavy atom. The highest BCUT2D eigenvalue weighted by Gasteiger charge is 2.20. The molecule has 0 fully saturated rings. The highest BCUT2D eigenvalue weighted by atomic mass is 79.9. The third kappa shape index (κ3) is 2.90. The van der Waals surface area contributed by atoms with Gasteiger partial charge in [0, 0.05) is 6.54 Å². The lowest BCUT2D eigenvalue weighted by Crippen LogP contribution is -2.22. The van der Waals surface area contributed by atoms with Crippen molar-refractivity contribution in [2.24, 2.45) is 0 Å². The van der Waals surface area contributed by atoms with E-state index in [0.29, 0.717) is 0 Å². The number of nitrogens with zero attached hydrogens (tertiary/aromatic N) is 2. The zero-order chi connectivity index (χ0) is 14.0. The van der Waals surface area contributed by atoms with E-state index in [-0.39, 0.29) is 6.04 Å². The third-order valence-electron chi connectivity index (χ3n) is 3.27. The summed E-state index contributed by atoms with van der Waals surface area (Å²) in [6.45, 7) is 7.24. The minimum Gasteiger partial charge on any atom is -0.308 e. The molecule has 3 nitrogen and oxygen atoms in total. The average molecular weight is 322 g/mol. The zero-order valence-electron chi connectivity index (χ0n) is 11.9. The standard InChI is InChI=1S/C15H20BrN3/c1-5-19-15(13(16)9-18-19)14(17-4)12-7-10(2)6-11(3)8-12/h6-9,14,17H,5H2,1-4H3. The average Bonchev–Trinajstić information content (AvgIpc) is 2.71. The van der Waals surface area contributed by atoms with Crippen molar-refractivity contribution in [3.05, 3.63) is 51.3 Å². The molecule has 1 aromatic heterocycles. The van der Waals surface area contributed by atoms with E-state index in [0.717, 1.165) is 11.0 Å². The Bertz CT molecular complexity index is 555. The summed E-state index contributed by atoms with van der Waals surface area (Å²) in [5, 5.41) is 7.80. The maximum absolute atomic E-state index is 4.40. The van der Waals surface area contributed by atoms with E-state index in [1.807, 2.05) is 17.9 Å². The number of aromatic nitrogens is 2. The summed E-state index contributed by atoms with van der Waals surface area (Å²) < 4.78 is 3.08. The summed E-state index contributed by atoms with van der Waals surface area (Å²) in [4.78, 5) is 0. The first-order chi connectivity index (χ1) is 9.06. The predicted octanol–water partition coefficient (Wildman–Crippen LogP) is 3.59. The van der Waals surface area contributed by atoms with Crippen LogP contribution in [0.5, 0.6) is 0 Å². The molecule has 0 aliphatic carbocycles. The van der Waals surface area contributed by atoms with Crippen molar-refractivity contribution in [2.75, 3.05) is 7.05 Å². The highest BCUT2D eigenvalue weighted by molar-refractivity contribution is 9.10. The number of halogens is 1. The Kier molecular flexibility index (Phi) is 4.42. The molecule has 1 N–H and O–H groups in total. The summed E-state index contributed by atoms with van der Waals surface area (Å²) in [6.07, 6.45) is 1.87. The van der Waals surface area contributed by atoms with Crippen molar-refractivity contribution in [3.63, 3.8) is 0 Å². The molecule has 1 heterocycles. The fourth-order valence-corrected chi connectivity index (χ4v) is 3.07. The number of aryl methyl sites for hydroxylation is 3. The van der Waals surface area contributed by atoms with Gasteiger partial charge >= 0.3 is 0 Å². The summed E-state index contributed by atoms with van der Waals surface area (Å²) in [7, 11) is 1.99. The van der Waals surface area contributed by atoms with Gasteiger partial charge in [-0.15, -0.1) is 0 Å². The van der Waals surface area contributed by atoms with Crippen molar-refractivity contribution in [1.82, 2.24) is 15.1 Å². The summed E-state index contributed by atoms with van der Waals surface area (Å²) in [5.74, 6) is 0. The predicted molar refractivity (Wildman–Crippen MR) is 82.4 cm³/mol. The molecule has 1 unspecified atom stereocenters. The minimum atomic E-state index is 0.149. The zero-order valence-corrected chi connectivity index (χ0v) is 13.5. The molecule has 102 valence electrons. The van der Waals surface area contributed by atoms with Gasteiger partial charge in [-0.2, -0.15) is 5.10 Å². The molecule has 2 rings (SSSR count). The van der Waals surface area contributed by atoms with Crippen molar-refractivity contribution in [3.8, 4) is 0 Å². The molecular weight excluding hydrogens is 302 g/mol. The third-order valence-corrected chi connectivity index (χ3v) is 3.88. The smallest absolute Gasteiger partial charge is 0.0757 e. The van der Waals surface area contributed by atoms with E-state index >= 15 is 0 Å². The lowest BCUT2D eigenvalue weighted by atomic mass is 9.99. The van der Waals surface area contributed by atoms with Crippen LogP contribution in [0.3, 0.4) is 0 Å². The van der Waals surface area contributed by atoms with Crippen LogP contribution < -0.4 is 5.32 Å². The first-order valence-electron chi connectivity index (χ1n) is 6.53. The van der Waals surface area contributed by atoms with Gasteiger partial charge in [0.1, 0.15) is 0 Å². The van der Waals surface area contributed by atoms with Gasteiger partial charge in [0.05, 0.1) is 22.4 Å². The van der Waals surface area contributed by atoms with E-state index in [4.69, 9.17) is 0 Å². The molecule has 0 radical (unpaired) electrons. The second-order valence-corrected chi connectivity index (χ2v) is 5.69. The first kappa shape index (κ1) is 14.3. The topological polar surface area (TPSA) is 29.9 Å². The van der Waals surface area contributed by atoms with Gasteiger partial charge in [-0.3, -0.25) is 4.68 Å². The number of nitrogens with one attached hydrogen (secondary N) is 1. The molecule has 19 heavy (non-hydrogen) atoms. The molecule has 0 aliphatic heterocycles. The molecule has 0 spiro atoms. The molecule has 1 aromatic carbocycles. The molecular formula is C15H20BrN3. The molecule has 0 saturated carbocycles. The van der Waals surface area contributed by atoms with Crippen molar-refractivity contribution in [1.29, 1.82) is 0 Å². The van der Waals surface area contributed by atoms with Crippen LogP contribution in [0.25, 0.3) is 0 Å². The Morgan fingerprint density at radius 2 is 1.89 bits per heavy atom. The van der Waals surface area contributed by atoms with E-state index in [1.165, 1.54) is 22.4 Å². The minimum absolute atomic E-state index is 0.149. The van der Waals surface area contributed by atoms with Crippen LogP contribution in [0.15, 0.2) is 28.9 Å². The van der Waals surface area contributed by atoms with Crippen LogP contribution in [-0.2, 0) is 6.54 Å². The Balaban J connectivity index is 2.52. The van der Waals surface area contributed by atoms with E-state index < -0.39 is 0 Å². The second-order valence-electron chi connectivity index (χ2n) is 4.84. The SMILES string of the molecule is CCn1ncc(Br)c1C(NC)c1cc(C)cc(C)c1. The van der Waals surface area contributed by atoms with Crippen LogP contribution in [0.4, 0.5) is 0 Å². The Labute approximate surface area is 123 Å². The number of hydrogen-bond donors (Lipinski definition) is 1. The van der Waals surface area contributed by atoms with Crippen molar-refractivity contribution in [2.45, 2.75) is 33.4 Å². The van der Waals surface area contributed by atoms with Crippen molar-refractivity contribution < 1.29 is 0 Å². The van der Waals surface area contributed by atoms with Gasteiger partial charge in [-0.25, -0.2) is 0 Å². The number of benzene rings is 1. The van der Waals surface area contributed by atoms with Gasteiger partial charge in [-0.05, 0) is 49.3 Å². The Morgan fingerprint density at radius 1 is 1.26 bits per heavy atom. The van der Waals surface area contributed by atoms with Gasteiger partial charge in [0.25, 0.3) is 0 Å². The lowest BCUT2D eigenvalue weighted by Gasteiger charge is -2.20. The van der Waals surface area contributed by atoms with Gasteiger partial charge in [0.15, 0.2) is 0 Å². The van der Waals surface area contributed by atoms with E-state index in [1.54, 1.807) is 0 Å². The maximum atomic E-state index is 4.40. The van der Waals surface area contributed by atoms with Crippen LogP contribution in [-0.4, -0.2) is 16.8 Å². The molecule has 0 bridgehead atoms. The summed E-state index contributed by atoms with van der Waals surface area (Å²) >= 11 is 3.61. The lowest BCUT2D eigenvalue weighted by molar-refractivity contribution is 0.561. The van der Waals surface area contributed by atoms with E-state index in [2.05, 4.69) is 65.3 Å². The normalized spacial score (nSPS) is 12.7. The molecule has 1 atom stereocenters. The van der Waals surface area contributed by atoms with Crippen molar-refractivity contribution >= 4 is 15.9 Å². The summed E-state index contributed by atoms with van der Waals surface area (Å²) in [5.41, 5.74) is 5.02. The molecule has 0 aliphatic rings.